The maximum Gasteiger partial charge on any atom is 0.276 e. The first-order chi connectivity index (χ1) is 14.1. The van der Waals surface area contributed by atoms with Crippen LogP contribution in [0.5, 0.6) is 0 Å². The Morgan fingerprint density at radius 3 is 2.86 bits per heavy atom. The van der Waals surface area contributed by atoms with E-state index in [9.17, 15) is 4.79 Å². The highest BCUT2D eigenvalue weighted by Crippen LogP contribution is 2.31. The molecule has 29 heavy (non-hydrogen) atoms. The first kappa shape index (κ1) is 18.4. The lowest BCUT2D eigenvalue weighted by Gasteiger charge is -2.21. The number of hydrogen-bond donors (Lipinski definition) is 2. The van der Waals surface area contributed by atoms with Gasteiger partial charge in [0.05, 0.1) is 12.7 Å². The van der Waals surface area contributed by atoms with Crippen molar-refractivity contribution in [3.8, 4) is 0 Å². The number of nitrogens with zero attached hydrogens (tertiary/aromatic N) is 6. The Kier molecular flexibility index (Phi) is 4.67. The highest BCUT2D eigenvalue weighted by molar-refractivity contribution is 5.42. The van der Waals surface area contributed by atoms with E-state index in [-0.39, 0.29) is 17.4 Å². The van der Waals surface area contributed by atoms with E-state index in [0.717, 1.165) is 62.4 Å². The third-order valence-corrected chi connectivity index (χ3v) is 6.08. The van der Waals surface area contributed by atoms with Gasteiger partial charge < -0.3 is 9.72 Å². The van der Waals surface area contributed by atoms with Crippen molar-refractivity contribution in [1.82, 2.24) is 39.7 Å². The molecule has 2 fully saturated rings. The molecule has 0 aromatic carbocycles. The molecule has 10 nitrogen and oxygen atoms in total. The zero-order chi connectivity index (χ0) is 20.0. The highest BCUT2D eigenvalue weighted by Gasteiger charge is 2.34. The minimum atomic E-state index is -0.129. The summed E-state index contributed by atoms with van der Waals surface area (Å²) in [5, 5.41) is 12.0. The molecule has 2 N–H and O–H groups in total. The largest absolute Gasteiger partial charge is 0.381 e. The van der Waals surface area contributed by atoms with E-state index in [1.807, 2.05) is 6.92 Å². The topological polar surface area (TPSA) is 117 Å². The average molecular weight is 398 g/mol. The lowest BCUT2D eigenvalue weighted by atomic mass is 9.97. The number of rotatable bonds is 4. The lowest BCUT2D eigenvalue weighted by Crippen LogP contribution is -2.24. The molecule has 3 aromatic heterocycles. The zero-order valence-corrected chi connectivity index (χ0v) is 16.8. The summed E-state index contributed by atoms with van der Waals surface area (Å²) in [5.41, 5.74) is 0.380. The lowest BCUT2D eigenvalue weighted by molar-refractivity contribution is 0.0832. The second kappa shape index (κ2) is 7.34. The van der Waals surface area contributed by atoms with Gasteiger partial charge in [0, 0.05) is 38.1 Å². The number of likely N-dealkylation sites (tertiary alicyclic amines) is 1. The van der Waals surface area contributed by atoms with E-state index in [1.54, 1.807) is 10.7 Å². The zero-order valence-electron chi connectivity index (χ0n) is 16.8. The van der Waals surface area contributed by atoms with Crippen LogP contribution in [0.3, 0.4) is 0 Å². The van der Waals surface area contributed by atoms with Crippen molar-refractivity contribution in [2.24, 2.45) is 5.92 Å². The van der Waals surface area contributed by atoms with Crippen LogP contribution in [0.4, 0.5) is 0 Å². The van der Waals surface area contributed by atoms with Crippen molar-refractivity contribution >= 4 is 5.52 Å². The van der Waals surface area contributed by atoms with Crippen LogP contribution in [-0.4, -0.2) is 66.0 Å². The van der Waals surface area contributed by atoms with Gasteiger partial charge in [0.1, 0.15) is 17.5 Å². The third kappa shape index (κ3) is 3.46. The van der Waals surface area contributed by atoms with Crippen LogP contribution in [0.15, 0.2) is 11.0 Å². The number of fused-ring (bicyclic) bond motifs is 1. The maximum absolute atomic E-state index is 12.7. The Labute approximate surface area is 167 Å². The van der Waals surface area contributed by atoms with E-state index in [2.05, 4.69) is 37.0 Å². The van der Waals surface area contributed by atoms with Gasteiger partial charge in [-0.2, -0.15) is 10.2 Å². The van der Waals surface area contributed by atoms with Gasteiger partial charge in [-0.15, -0.1) is 0 Å². The van der Waals surface area contributed by atoms with E-state index >= 15 is 0 Å². The fourth-order valence-electron chi connectivity index (χ4n) is 4.55. The molecule has 2 saturated heterocycles. The van der Waals surface area contributed by atoms with Crippen LogP contribution in [0.1, 0.15) is 54.9 Å². The number of nitrogens with one attached hydrogen (secondary N) is 2. The standard InChI is InChI=1S/C19H26N8O2/c1-11-8-26(10-16-21-12(2)23-24-16)9-14(11)17-22-19(28)15-7-20-18(27(15)25-17)13-3-5-29-6-4-13/h7,11,13-14H,3-6,8-10H2,1-2H3,(H,21,23,24)(H,22,25,28). The van der Waals surface area contributed by atoms with Crippen molar-refractivity contribution in [3.63, 3.8) is 0 Å². The average Bonchev–Trinajstić information content (AvgIpc) is 3.41. The molecule has 2 aliphatic heterocycles. The predicted octanol–water partition coefficient (Wildman–Crippen LogP) is 0.974. The van der Waals surface area contributed by atoms with Gasteiger partial charge in [-0.25, -0.2) is 14.5 Å². The smallest absolute Gasteiger partial charge is 0.276 e. The summed E-state index contributed by atoms with van der Waals surface area (Å²) in [5.74, 6) is 4.01. The Hall–Kier alpha value is -2.59. The van der Waals surface area contributed by atoms with E-state index < -0.39 is 0 Å². The number of H-pyrrole nitrogens is 2. The Balaban J connectivity index is 1.42. The maximum atomic E-state index is 12.7. The monoisotopic (exact) mass is 398 g/mol. The van der Waals surface area contributed by atoms with Crippen LogP contribution >= 0.6 is 0 Å². The van der Waals surface area contributed by atoms with Gasteiger partial charge in [0.2, 0.25) is 0 Å². The molecular weight excluding hydrogens is 372 g/mol. The van der Waals surface area contributed by atoms with Crippen LogP contribution < -0.4 is 5.56 Å². The van der Waals surface area contributed by atoms with Gasteiger partial charge in [-0.3, -0.25) is 14.8 Å². The van der Waals surface area contributed by atoms with Gasteiger partial charge in [-0.05, 0) is 25.7 Å². The number of aryl methyl sites for hydroxylation is 1. The molecule has 154 valence electrons. The van der Waals surface area contributed by atoms with Crippen LogP contribution in [-0.2, 0) is 11.3 Å². The normalized spacial score (nSPS) is 23.9. The van der Waals surface area contributed by atoms with Gasteiger partial charge in [-0.1, -0.05) is 6.92 Å². The van der Waals surface area contributed by atoms with Crippen LogP contribution in [0.25, 0.3) is 5.52 Å². The molecule has 0 spiro atoms. The molecule has 0 amide bonds. The fourth-order valence-corrected chi connectivity index (χ4v) is 4.55. The fraction of sp³-hybridized carbons (Fsp3) is 0.632. The van der Waals surface area contributed by atoms with Gasteiger partial charge >= 0.3 is 0 Å². The number of ether oxygens (including phenoxy) is 1. The summed E-state index contributed by atoms with van der Waals surface area (Å²) in [6, 6.07) is 0. The molecule has 10 heteroatoms. The molecule has 0 bridgehead atoms. The SMILES string of the molecule is Cc1nc(CN2CC(C)C(c3nn4c(C5CCOCC5)ncc4c(=O)[nH]3)C2)n[nH]1. The second-order valence-electron chi connectivity index (χ2n) is 8.25. The molecule has 0 saturated carbocycles. The minimum absolute atomic E-state index is 0.129. The first-order valence-corrected chi connectivity index (χ1v) is 10.2. The summed E-state index contributed by atoms with van der Waals surface area (Å²) in [7, 11) is 0. The molecule has 2 atom stereocenters. The summed E-state index contributed by atoms with van der Waals surface area (Å²) in [4.78, 5) is 27.0. The van der Waals surface area contributed by atoms with Crippen molar-refractivity contribution < 1.29 is 4.74 Å². The molecule has 5 rings (SSSR count). The van der Waals surface area contributed by atoms with E-state index in [1.165, 1.54) is 0 Å². The van der Waals surface area contributed by atoms with Gasteiger partial charge in [0.15, 0.2) is 11.3 Å². The summed E-state index contributed by atoms with van der Waals surface area (Å²) in [6.45, 7) is 7.97. The number of aromatic amines is 2. The molecule has 0 radical (unpaired) electrons. The second-order valence-corrected chi connectivity index (χ2v) is 8.25. The van der Waals surface area contributed by atoms with Crippen LogP contribution in [0, 0.1) is 12.8 Å². The van der Waals surface area contributed by atoms with E-state index in [4.69, 9.17) is 9.84 Å². The van der Waals surface area contributed by atoms with Crippen molar-refractivity contribution in [3.05, 3.63) is 39.8 Å². The Morgan fingerprint density at radius 2 is 2.10 bits per heavy atom. The molecule has 5 heterocycles. The molecular formula is C19H26N8O2. The highest BCUT2D eigenvalue weighted by atomic mass is 16.5. The van der Waals surface area contributed by atoms with Crippen LogP contribution in [0.2, 0.25) is 0 Å². The number of imidazole rings is 1. The molecule has 2 aliphatic rings. The van der Waals surface area contributed by atoms with E-state index in [0.29, 0.717) is 18.0 Å². The summed E-state index contributed by atoms with van der Waals surface area (Å²) in [6.07, 6.45) is 3.45. The number of aromatic nitrogens is 7. The number of hydrogen-bond acceptors (Lipinski definition) is 7. The molecule has 3 aromatic rings. The molecule has 0 aliphatic carbocycles. The van der Waals surface area contributed by atoms with Gasteiger partial charge in [0.25, 0.3) is 5.56 Å². The predicted molar refractivity (Wildman–Crippen MR) is 105 cm³/mol. The third-order valence-electron chi connectivity index (χ3n) is 6.08. The minimum Gasteiger partial charge on any atom is -0.381 e. The summed E-state index contributed by atoms with van der Waals surface area (Å²) >= 11 is 0. The first-order valence-electron chi connectivity index (χ1n) is 10.2. The summed E-state index contributed by atoms with van der Waals surface area (Å²) < 4.78 is 7.23. The van der Waals surface area contributed by atoms with Crippen molar-refractivity contribution in [2.75, 3.05) is 26.3 Å². The van der Waals surface area contributed by atoms with Crippen molar-refractivity contribution in [1.29, 1.82) is 0 Å². The van der Waals surface area contributed by atoms with Crippen molar-refractivity contribution in [2.45, 2.75) is 45.1 Å². The Bertz CT molecular complexity index is 1060. The Morgan fingerprint density at radius 1 is 1.28 bits per heavy atom. The molecule has 2 unspecified atom stereocenters. The quantitative estimate of drug-likeness (QED) is 0.672.